The quantitative estimate of drug-likeness (QED) is 0.627. The second-order valence-corrected chi connectivity index (χ2v) is 5.36. The van der Waals surface area contributed by atoms with Crippen molar-refractivity contribution >= 4 is 52.2 Å². The van der Waals surface area contributed by atoms with Crippen molar-refractivity contribution in [2.24, 2.45) is 0 Å². The van der Waals surface area contributed by atoms with Gasteiger partial charge in [-0.1, -0.05) is 36.4 Å². The van der Waals surface area contributed by atoms with Crippen molar-refractivity contribution in [3.05, 3.63) is 66.7 Å². The number of rotatable bonds is 3. The van der Waals surface area contributed by atoms with E-state index in [1.807, 2.05) is 42.5 Å². The van der Waals surface area contributed by atoms with Crippen molar-refractivity contribution in [2.45, 2.75) is 6.92 Å². The molecule has 0 fully saturated rings. The zero-order chi connectivity index (χ0) is 16.9. The topological polar surface area (TPSA) is 70.2 Å². The summed E-state index contributed by atoms with van der Waals surface area (Å²) in [5, 5.41) is 10.4. The number of hydrogen-bond acceptors (Lipinski definition) is 2. The first-order valence-electron chi connectivity index (χ1n) is 7.55. The molecular weight excluding hydrogens is 338 g/mol. The Hall–Kier alpha value is -3.05. The lowest BCUT2D eigenvalue weighted by Crippen LogP contribution is -2.19. The highest BCUT2D eigenvalue weighted by atomic mass is 35.5. The van der Waals surface area contributed by atoms with Crippen LogP contribution in [0.25, 0.3) is 10.8 Å². The lowest BCUT2D eigenvalue weighted by molar-refractivity contribution is -0.114. The summed E-state index contributed by atoms with van der Waals surface area (Å²) < 4.78 is 0. The fraction of sp³-hybridized carbons (Fsp3) is 0.0526. The van der Waals surface area contributed by atoms with Crippen LogP contribution in [0, 0.1) is 0 Å². The normalized spacial score (nSPS) is 9.80. The summed E-state index contributed by atoms with van der Waals surface area (Å²) in [5.74, 6) is -0.135. The average molecular weight is 356 g/mol. The molecule has 0 aliphatic carbocycles. The van der Waals surface area contributed by atoms with Crippen LogP contribution in [-0.4, -0.2) is 11.9 Å². The van der Waals surface area contributed by atoms with Gasteiger partial charge in [-0.05, 0) is 35.7 Å². The van der Waals surface area contributed by atoms with Gasteiger partial charge in [0.15, 0.2) is 0 Å². The fourth-order valence-corrected chi connectivity index (χ4v) is 2.46. The number of anilines is 3. The Bertz CT molecular complexity index is 889. The van der Waals surface area contributed by atoms with Crippen LogP contribution in [0.1, 0.15) is 6.92 Å². The van der Waals surface area contributed by atoms with Gasteiger partial charge in [0, 0.05) is 23.7 Å². The molecule has 0 aliphatic rings. The molecule has 0 radical (unpaired) electrons. The molecule has 3 amide bonds. The molecule has 25 heavy (non-hydrogen) atoms. The molecule has 0 atom stereocenters. The molecule has 6 heteroatoms. The lowest BCUT2D eigenvalue weighted by atomic mass is 10.1. The number of halogens is 1. The van der Waals surface area contributed by atoms with Gasteiger partial charge in [-0.25, -0.2) is 4.79 Å². The maximum absolute atomic E-state index is 12.2. The standard InChI is InChI=1S/C19H17N3O2.ClH/c1-13(23)20-15-9-11-16(12-10-15)21-19(24)22-18-8-4-6-14-5-2-3-7-17(14)18;/h2-12H,1H3,(H,20,23)(H2,21,22,24);1H. The highest BCUT2D eigenvalue weighted by Crippen LogP contribution is 2.23. The van der Waals surface area contributed by atoms with Gasteiger partial charge in [0.2, 0.25) is 5.91 Å². The Morgan fingerprint density at radius 3 is 2.00 bits per heavy atom. The first kappa shape index (κ1) is 18.3. The molecule has 0 heterocycles. The molecule has 3 N–H and O–H groups in total. The third-order valence-corrected chi connectivity index (χ3v) is 3.50. The van der Waals surface area contributed by atoms with E-state index in [-0.39, 0.29) is 24.3 Å². The third-order valence-electron chi connectivity index (χ3n) is 3.50. The van der Waals surface area contributed by atoms with E-state index in [4.69, 9.17) is 0 Å². The molecule has 0 saturated carbocycles. The van der Waals surface area contributed by atoms with Crippen molar-refractivity contribution in [1.29, 1.82) is 0 Å². The van der Waals surface area contributed by atoms with Crippen LogP contribution in [0.2, 0.25) is 0 Å². The second kappa shape index (κ2) is 8.17. The molecule has 0 saturated heterocycles. The van der Waals surface area contributed by atoms with Crippen LogP contribution < -0.4 is 16.0 Å². The minimum absolute atomic E-state index is 0. The van der Waals surface area contributed by atoms with Gasteiger partial charge in [0.25, 0.3) is 0 Å². The highest BCUT2D eigenvalue weighted by Gasteiger charge is 2.06. The fourth-order valence-electron chi connectivity index (χ4n) is 2.46. The molecular formula is C19H18ClN3O2. The van der Waals surface area contributed by atoms with Gasteiger partial charge < -0.3 is 16.0 Å². The Kier molecular flexibility index (Phi) is 5.98. The van der Waals surface area contributed by atoms with Gasteiger partial charge >= 0.3 is 6.03 Å². The van der Waals surface area contributed by atoms with E-state index < -0.39 is 0 Å². The lowest BCUT2D eigenvalue weighted by Gasteiger charge is -2.10. The maximum atomic E-state index is 12.2. The first-order valence-corrected chi connectivity index (χ1v) is 7.55. The minimum atomic E-state index is -0.321. The Labute approximate surface area is 151 Å². The Morgan fingerprint density at radius 1 is 0.720 bits per heavy atom. The zero-order valence-electron chi connectivity index (χ0n) is 13.6. The Balaban J connectivity index is 0.00000225. The third kappa shape index (κ3) is 4.71. The van der Waals surface area contributed by atoms with Gasteiger partial charge in [0.1, 0.15) is 0 Å². The predicted octanol–water partition coefficient (Wildman–Crippen LogP) is 4.86. The largest absolute Gasteiger partial charge is 0.326 e. The van der Waals surface area contributed by atoms with Crippen molar-refractivity contribution in [1.82, 2.24) is 0 Å². The molecule has 5 nitrogen and oxygen atoms in total. The van der Waals surface area contributed by atoms with Crippen LogP contribution in [0.4, 0.5) is 21.9 Å². The van der Waals surface area contributed by atoms with E-state index in [1.54, 1.807) is 24.3 Å². The van der Waals surface area contributed by atoms with Crippen molar-refractivity contribution < 1.29 is 9.59 Å². The smallest absolute Gasteiger partial charge is 0.323 e. The minimum Gasteiger partial charge on any atom is -0.326 e. The molecule has 128 valence electrons. The van der Waals surface area contributed by atoms with E-state index in [0.29, 0.717) is 11.4 Å². The van der Waals surface area contributed by atoms with Gasteiger partial charge in [0.05, 0.1) is 5.69 Å². The van der Waals surface area contributed by atoms with E-state index in [1.165, 1.54) is 6.92 Å². The zero-order valence-corrected chi connectivity index (χ0v) is 14.4. The number of carbonyl (C=O) groups is 2. The van der Waals surface area contributed by atoms with E-state index in [9.17, 15) is 9.59 Å². The monoisotopic (exact) mass is 355 g/mol. The summed E-state index contributed by atoms with van der Waals surface area (Å²) in [6.45, 7) is 1.45. The molecule has 0 spiro atoms. The number of amides is 3. The summed E-state index contributed by atoms with van der Waals surface area (Å²) in [5.41, 5.74) is 2.07. The molecule has 0 unspecified atom stereocenters. The summed E-state index contributed by atoms with van der Waals surface area (Å²) in [7, 11) is 0. The van der Waals surface area contributed by atoms with E-state index in [0.717, 1.165) is 16.5 Å². The van der Waals surface area contributed by atoms with Gasteiger partial charge in [-0.15, -0.1) is 12.4 Å². The number of benzene rings is 3. The highest BCUT2D eigenvalue weighted by molar-refractivity contribution is 6.06. The van der Waals surface area contributed by atoms with Crippen LogP contribution in [-0.2, 0) is 4.79 Å². The van der Waals surface area contributed by atoms with Crippen molar-refractivity contribution in [3.63, 3.8) is 0 Å². The van der Waals surface area contributed by atoms with Crippen molar-refractivity contribution in [3.8, 4) is 0 Å². The summed E-state index contributed by atoms with van der Waals surface area (Å²) in [6, 6.07) is 20.2. The van der Waals surface area contributed by atoms with Gasteiger partial charge in [-0.3, -0.25) is 4.79 Å². The summed E-state index contributed by atoms with van der Waals surface area (Å²) >= 11 is 0. The number of urea groups is 1. The predicted molar refractivity (Wildman–Crippen MR) is 105 cm³/mol. The molecule has 3 aromatic carbocycles. The molecule has 3 aromatic rings. The number of nitrogens with one attached hydrogen (secondary N) is 3. The van der Waals surface area contributed by atoms with E-state index >= 15 is 0 Å². The Morgan fingerprint density at radius 2 is 1.32 bits per heavy atom. The summed E-state index contributed by atoms with van der Waals surface area (Å²) in [6.07, 6.45) is 0. The van der Waals surface area contributed by atoms with Crippen LogP contribution in [0.3, 0.4) is 0 Å². The molecule has 3 rings (SSSR count). The molecule has 0 bridgehead atoms. The SMILES string of the molecule is CC(=O)Nc1ccc(NC(=O)Nc2cccc3ccccc23)cc1.Cl. The van der Waals surface area contributed by atoms with Crippen molar-refractivity contribution in [2.75, 3.05) is 16.0 Å². The second-order valence-electron chi connectivity index (χ2n) is 5.36. The van der Waals surface area contributed by atoms with Crippen LogP contribution in [0.5, 0.6) is 0 Å². The number of carbonyl (C=O) groups excluding carboxylic acids is 2. The molecule has 0 aromatic heterocycles. The first-order chi connectivity index (χ1) is 11.6. The number of hydrogen-bond donors (Lipinski definition) is 3. The summed E-state index contributed by atoms with van der Waals surface area (Å²) in [4.78, 5) is 23.2. The maximum Gasteiger partial charge on any atom is 0.323 e. The molecule has 0 aliphatic heterocycles. The van der Waals surface area contributed by atoms with Crippen LogP contribution in [0.15, 0.2) is 66.7 Å². The average Bonchev–Trinajstić information content (AvgIpc) is 2.56. The number of fused-ring (bicyclic) bond motifs is 1. The van der Waals surface area contributed by atoms with Gasteiger partial charge in [-0.2, -0.15) is 0 Å². The van der Waals surface area contributed by atoms with E-state index in [2.05, 4.69) is 16.0 Å². The van der Waals surface area contributed by atoms with Crippen LogP contribution >= 0.6 is 12.4 Å².